The van der Waals surface area contributed by atoms with Crippen molar-refractivity contribution in [2.24, 2.45) is 0 Å². The zero-order valence-corrected chi connectivity index (χ0v) is 18.4. The van der Waals surface area contributed by atoms with Crippen LogP contribution in [-0.4, -0.2) is 74.3 Å². The van der Waals surface area contributed by atoms with Crippen molar-refractivity contribution in [3.05, 3.63) is 65.7 Å². The Morgan fingerprint density at radius 3 is 2.26 bits per heavy atom. The molecule has 164 valence electrons. The highest BCUT2D eigenvalue weighted by atomic mass is 32.2. The molecule has 31 heavy (non-hydrogen) atoms. The van der Waals surface area contributed by atoms with E-state index in [0.29, 0.717) is 38.3 Å². The average molecular weight is 442 g/mol. The minimum atomic E-state index is -3.26. The minimum absolute atomic E-state index is 0.107. The number of hydrogen-bond donors (Lipinski definition) is 0. The lowest BCUT2D eigenvalue weighted by molar-refractivity contribution is -0.136. The van der Waals surface area contributed by atoms with Gasteiger partial charge in [0.25, 0.3) is 5.91 Å². The van der Waals surface area contributed by atoms with Gasteiger partial charge in [-0.1, -0.05) is 36.4 Å². The molecule has 1 saturated heterocycles. The van der Waals surface area contributed by atoms with Gasteiger partial charge in [0.2, 0.25) is 5.91 Å². The summed E-state index contributed by atoms with van der Waals surface area (Å²) in [6, 6.07) is 16.6. The number of sulfone groups is 1. The summed E-state index contributed by atoms with van der Waals surface area (Å²) < 4.78 is 23.6. The Morgan fingerprint density at radius 1 is 0.968 bits per heavy atom. The van der Waals surface area contributed by atoms with E-state index in [2.05, 4.69) is 4.90 Å². The van der Waals surface area contributed by atoms with Crippen LogP contribution in [0.2, 0.25) is 0 Å². The third-order valence-electron chi connectivity index (χ3n) is 5.99. The highest BCUT2D eigenvalue weighted by molar-refractivity contribution is 7.90. The van der Waals surface area contributed by atoms with Gasteiger partial charge in [0, 0.05) is 50.2 Å². The first-order valence-electron chi connectivity index (χ1n) is 10.5. The quantitative estimate of drug-likeness (QED) is 0.683. The largest absolute Gasteiger partial charge is 0.368 e. The number of hydrogen-bond acceptors (Lipinski definition) is 5. The number of anilines is 1. The van der Waals surface area contributed by atoms with Crippen molar-refractivity contribution in [3.8, 4) is 0 Å². The Hall–Kier alpha value is -2.87. The first-order chi connectivity index (χ1) is 14.8. The maximum atomic E-state index is 13.5. The molecule has 2 amide bonds. The van der Waals surface area contributed by atoms with E-state index in [0.717, 1.165) is 17.5 Å². The number of carbonyl (C=O) groups excluding carboxylic acids is 2. The summed E-state index contributed by atoms with van der Waals surface area (Å²) in [6.45, 7) is 2.81. The molecule has 2 aliphatic rings. The molecule has 0 aromatic heterocycles. The van der Waals surface area contributed by atoms with Gasteiger partial charge in [-0.05, 0) is 30.2 Å². The molecule has 2 aromatic carbocycles. The Morgan fingerprint density at radius 2 is 1.61 bits per heavy atom. The maximum Gasteiger partial charge on any atom is 0.255 e. The van der Waals surface area contributed by atoms with Crippen LogP contribution in [0.1, 0.15) is 22.3 Å². The summed E-state index contributed by atoms with van der Waals surface area (Å²) in [5.74, 6) is -0.504. The van der Waals surface area contributed by atoms with Gasteiger partial charge in [-0.25, -0.2) is 8.42 Å². The van der Waals surface area contributed by atoms with Gasteiger partial charge in [-0.15, -0.1) is 0 Å². The molecule has 7 nitrogen and oxygen atoms in total. The Kier molecular flexibility index (Phi) is 6.00. The van der Waals surface area contributed by atoms with Gasteiger partial charge < -0.3 is 14.7 Å². The van der Waals surface area contributed by atoms with Gasteiger partial charge in [0.05, 0.1) is 5.75 Å². The van der Waals surface area contributed by atoms with Crippen LogP contribution in [0.5, 0.6) is 0 Å². The van der Waals surface area contributed by atoms with Crippen LogP contribution in [0, 0.1) is 0 Å². The zero-order valence-electron chi connectivity index (χ0n) is 17.6. The van der Waals surface area contributed by atoms with Crippen molar-refractivity contribution in [1.29, 1.82) is 0 Å². The van der Waals surface area contributed by atoms with E-state index in [1.165, 1.54) is 0 Å². The van der Waals surface area contributed by atoms with Crippen LogP contribution in [0.25, 0.3) is 0 Å². The van der Waals surface area contributed by atoms with E-state index in [9.17, 15) is 18.0 Å². The molecule has 0 radical (unpaired) electrons. The fourth-order valence-electron chi connectivity index (χ4n) is 4.30. The highest BCUT2D eigenvalue weighted by Crippen LogP contribution is 2.27. The first-order valence-corrected chi connectivity index (χ1v) is 12.5. The van der Waals surface area contributed by atoms with Crippen molar-refractivity contribution >= 4 is 27.3 Å². The van der Waals surface area contributed by atoms with Crippen LogP contribution in [0.15, 0.2) is 54.6 Å². The SMILES string of the molecule is CS(=O)(=O)CC[C@@H](C(=O)N1CCN(c2ccccc2)CC1)N1Cc2ccccc2C1=O. The number of carbonyl (C=O) groups is 2. The molecular formula is C23H27N3O4S. The number of amides is 2. The normalized spacial score (nSPS) is 17.6. The summed E-state index contributed by atoms with van der Waals surface area (Å²) in [5.41, 5.74) is 2.58. The number of rotatable bonds is 6. The van der Waals surface area contributed by atoms with Gasteiger partial charge in [-0.3, -0.25) is 9.59 Å². The average Bonchev–Trinajstić information content (AvgIpc) is 3.10. The molecule has 8 heteroatoms. The Labute approximate surface area is 183 Å². The molecule has 1 atom stereocenters. The van der Waals surface area contributed by atoms with Crippen LogP contribution < -0.4 is 4.90 Å². The molecule has 0 N–H and O–H groups in total. The molecule has 2 aliphatic heterocycles. The third-order valence-corrected chi connectivity index (χ3v) is 6.96. The van der Waals surface area contributed by atoms with Crippen molar-refractivity contribution in [3.63, 3.8) is 0 Å². The first kappa shape index (κ1) is 21.4. The van der Waals surface area contributed by atoms with Gasteiger partial charge in [0.1, 0.15) is 15.9 Å². The number of fused-ring (bicyclic) bond motifs is 1. The Bertz CT molecular complexity index is 1060. The fourth-order valence-corrected chi connectivity index (χ4v) is 4.95. The summed E-state index contributed by atoms with van der Waals surface area (Å²) in [4.78, 5) is 32.0. The van der Waals surface area contributed by atoms with E-state index in [1.54, 1.807) is 21.9 Å². The molecule has 0 aliphatic carbocycles. The van der Waals surface area contributed by atoms with Crippen LogP contribution >= 0.6 is 0 Å². The van der Waals surface area contributed by atoms with E-state index in [-0.39, 0.29) is 24.0 Å². The monoisotopic (exact) mass is 441 g/mol. The second kappa shape index (κ2) is 8.70. The predicted molar refractivity (Wildman–Crippen MR) is 120 cm³/mol. The van der Waals surface area contributed by atoms with Crippen LogP contribution in [0.3, 0.4) is 0 Å². The number of nitrogens with zero attached hydrogens (tertiary/aromatic N) is 3. The lowest BCUT2D eigenvalue weighted by Crippen LogP contribution is -2.55. The maximum absolute atomic E-state index is 13.5. The third kappa shape index (κ3) is 4.74. The molecule has 1 fully saturated rings. The summed E-state index contributed by atoms with van der Waals surface area (Å²) in [5, 5.41) is 0. The lowest BCUT2D eigenvalue weighted by Gasteiger charge is -2.39. The van der Waals surface area contributed by atoms with Crippen molar-refractivity contribution in [1.82, 2.24) is 9.80 Å². The molecule has 2 heterocycles. The molecular weight excluding hydrogens is 414 g/mol. The predicted octanol–water partition coefficient (Wildman–Crippen LogP) is 1.79. The van der Waals surface area contributed by atoms with Gasteiger partial charge in [0.15, 0.2) is 0 Å². The molecule has 4 rings (SSSR count). The van der Waals surface area contributed by atoms with Crippen LogP contribution in [0.4, 0.5) is 5.69 Å². The topological polar surface area (TPSA) is 78.0 Å². The number of benzene rings is 2. The van der Waals surface area contributed by atoms with Crippen molar-refractivity contribution in [2.75, 3.05) is 43.1 Å². The summed E-state index contributed by atoms with van der Waals surface area (Å²) in [7, 11) is -3.26. The smallest absolute Gasteiger partial charge is 0.255 e. The van der Waals surface area contributed by atoms with Crippen molar-refractivity contribution in [2.45, 2.75) is 19.0 Å². The summed E-state index contributed by atoms with van der Waals surface area (Å²) >= 11 is 0. The lowest BCUT2D eigenvalue weighted by atomic mass is 10.1. The molecule has 0 spiro atoms. The Balaban J connectivity index is 1.49. The minimum Gasteiger partial charge on any atom is -0.368 e. The van der Waals surface area contributed by atoms with Gasteiger partial charge in [-0.2, -0.15) is 0 Å². The zero-order chi connectivity index (χ0) is 22.0. The molecule has 0 unspecified atom stereocenters. The standard InChI is InChI=1S/C23H27N3O4S/c1-31(29,30)16-11-21(26-17-18-7-5-6-10-20(18)22(26)27)23(28)25-14-12-24(13-15-25)19-8-3-2-4-9-19/h2-10,21H,11-17H2,1H3/t21-/m0/s1. The molecule has 2 aromatic rings. The van der Waals surface area contributed by atoms with Gasteiger partial charge >= 0.3 is 0 Å². The second-order valence-corrected chi connectivity index (χ2v) is 10.4. The second-order valence-electron chi connectivity index (χ2n) is 8.17. The number of piperazine rings is 1. The van der Waals surface area contributed by atoms with Crippen molar-refractivity contribution < 1.29 is 18.0 Å². The fraction of sp³-hybridized carbons (Fsp3) is 0.391. The van der Waals surface area contributed by atoms with Crippen LogP contribution in [-0.2, 0) is 21.2 Å². The molecule has 0 bridgehead atoms. The van der Waals surface area contributed by atoms with E-state index in [4.69, 9.17) is 0 Å². The highest BCUT2D eigenvalue weighted by Gasteiger charge is 2.39. The molecule has 0 saturated carbocycles. The van der Waals surface area contributed by atoms with E-state index >= 15 is 0 Å². The van der Waals surface area contributed by atoms with E-state index in [1.807, 2.05) is 42.5 Å². The summed E-state index contributed by atoms with van der Waals surface area (Å²) in [6.07, 6.45) is 1.27. The number of para-hydroxylation sites is 1. The van der Waals surface area contributed by atoms with E-state index < -0.39 is 15.9 Å².